The van der Waals surface area contributed by atoms with E-state index in [0.717, 1.165) is 4.90 Å². The van der Waals surface area contributed by atoms with Crippen LogP contribution in [0.4, 0.5) is 10.1 Å². The Morgan fingerprint density at radius 2 is 2.08 bits per heavy atom. The largest absolute Gasteiger partial charge is 0.325 e. The molecule has 3 aromatic rings. The molecular weight excluding hydrogens is 377 g/mol. The van der Waals surface area contributed by atoms with E-state index < -0.39 is 11.1 Å². The lowest BCUT2D eigenvalue weighted by molar-refractivity contribution is -0.115. The van der Waals surface area contributed by atoms with Crippen LogP contribution in [0.15, 0.2) is 47.4 Å². The Bertz CT molecular complexity index is 948. The number of anilines is 1. The third kappa shape index (κ3) is 4.03. The molecule has 0 saturated heterocycles. The maximum Gasteiger partial charge on any atom is 0.237 e. The molecule has 6 nitrogen and oxygen atoms in total. The van der Waals surface area contributed by atoms with Crippen LogP contribution in [0.25, 0.3) is 5.69 Å². The fourth-order valence-electron chi connectivity index (χ4n) is 2.24. The average molecular weight is 392 g/mol. The number of amides is 1. The molecule has 0 spiro atoms. The fraction of sp³-hybridized carbons (Fsp3) is 0.176. The first kappa shape index (κ1) is 18.3. The lowest BCUT2D eigenvalue weighted by Gasteiger charge is -2.14. The molecular formula is C17H15ClFN5OS. The summed E-state index contributed by atoms with van der Waals surface area (Å²) in [7, 11) is 0. The van der Waals surface area contributed by atoms with E-state index in [-0.39, 0.29) is 11.6 Å². The van der Waals surface area contributed by atoms with Crippen molar-refractivity contribution in [2.75, 3.05) is 5.32 Å². The standard InChI is InChI=1S/C17H15ClFN5OS/c1-10(26-16-6-4-3-5-13(16)18)17(25)20-12-7-8-14(19)15(9-12)24-11(2)21-22-23-24/h3-10H,1-2H3,(H,20,25). The normalized spacial score (nSPS) is 12.0. The number of hydrogen-bond donors (Lipinski definition) is 1. The number of aryl methyl sites for hydroxylation is 1. The number of thioether (sulfide) groups is 1. The molecule has 1 unspecified atom stereocenters. The summed E-state index contributed by atoms with van der Waals surface area (Å²) in [6.45, 7) is 3.44. The lowest BCUT2D eigenvalue weighted by Crippen LogP contribution is -2.22. The zero-order valence-electron chi connectivity index (χ0n) is 14.0. The molecule has 9 heteroatoms. The SMILES string of the molecule is Cc1nnnn1-c1cc(NC(=O)C(C)Sc2ccccc2Cl)ccc1F. The Balaban J connectivity index is 1.75. The van der Waals surface area contributed by atoms with Gasteiger partial charge in [0.15, 0.2) is 5.82 Å². The van der Waals surface area contributed by atoms with Crippen molar-refractivity contribution < 1.29 is 9.18 Å². The van der Waals surface area contributed by atoms with Crippen molar-refractivity contribution >= 4 is 35.0 Å². The van der Waals surface area contributed by atoms with Gasteiger partial charge in [-0.25, -0.2) is 4.39 Å². The van der Waals surface area contributed by atoms with Crippen LogP contribution < -0.4 is 5.32 Å². The fourth-order valence-corrected chi connectivity index (χ4v) is 3.39. The van der Waals surface area contributed by atoms with E-state index in [9.17, 15) is 9.18 Å². The molecule has 1 amide bonds. The minimum absolute atomic E-state index is 0.164. The van der Waals surface area contributed by atoms with Crippen LogP contribution >= 0.6 is 23.4 Å². The second kappa shape index (κ2) is 7.84. The number of aromatic nitrogens is 4. The Kier molecular flexibility index (Phi) is 5.53. The third-order valence-electron chi connectivity index (χ3n) is 3.58. The summed E-state index contributed by atoms with van der Waals surface area (Å²) in [4.78, 5) is 13.3. The van der Waals surface area contributed by atoms with Gasteiger partial charge in [-0.1, -0.05) is 23.7 Å². The summed E-state index contributed by atoms with van der Waals surface area (Å²) in [5.74, 6) is -0.271. The summed E-state index contributed by atoms with van der Waals surface area (Å²) in [5.41, 5.74) is 0.615. The molecule has 1 heterocycles. The van der Waals surface area contributed by atoms with E-state index in [1.807, 2.05) is 18.2 Å². The van der Waals surface area contributed by atoms with Gasteiger partial charge in [0.25, 0.3) is 0 Å². The van der Waals surface area contributed by atoms with Gasteiger partial charge < -0.3 is 5.32 Å². The summed E-state index contributed by atoms with van der Waals surface area (Å²) in [6, 6.07) is 11.6. The van der Waals surface area contributed by atoms with Crippen LogP contribution in [-0.4, -0.2) is 31.4 Å². The third-order valence-corrected chi connectivity index (χ3v) is 5.20. The zero-order valence-corrected chi connectivity index (χ0v) is 15.6. The molecule has 2 aromatic carbocycles. The monoisotopic (exact) mass is 391 g/mol. The smallest absolute Gasteiger partial charge is 0.237 e. The van der Waals surface area contributed by atoms with Crippen molar-refractivity contribution in [3.05, 3.63) is 59.1 Å². The number of hydrogen-bond acceptors (Lipinski definition) is 5. The van der Waals surface area contributed by atoms with Gasteiger partial charge in [0.2, 0.25) is 5.91 Å². The van der Waals surface area contributed by atoms with Crippen molar-refractivity contribution in [3.8, 4) is 5.69 Å². The van der Waals surface area contributed by atoms with E-state index >= 15 is 0 Å². The second-order valence-electron chi connectivity index (χ2n) is 5.48. The highest BCUT2D eigenvalue weighted by molar-refractivity contribution is 8.00. The number of halogens is 2. The zero-order chi connectivity index (χ0) is 18.7. The molecule has 0 bridgehead atoms. The predicted octanol–water partition coefficient (Wildman–Crippen LogP) is 3.88. The summed E-state index contributed by atoms with van der Waals surface area (Å²) in [5, 5.41) is 14.0. The topological polar surface area (TPSA) is 72.7 Å². The van der Waals surface area contributed by atoms with Gasteiger partial charge in [-0.2, -0.15) is 4.68 Å². The quantitative estimate of drug-likeness (QED) is 0.668. The van der Waals surface area contributed by atoms with Crippen molar-refractivity contribution in [3.63, 3.8) is 0 Å². The van der Waals surface area contributed by atoms with Crippen LogP contribution in [0.2, 0.25) is 5.02 Å². The van der Waals surface area contributed by atoms with Crippen molar-refractivity contribution in [1.82, 2.24) is 20.2 Å². The van der Waals surface area contributed by atoms with Gasteiger partial charge in [0.05, 0.1) is 10.3 Å². The van der Waals surface area contributed by atoms with E-state index in [0.29, 0.717) is 16.5 Å². The Labute approximate surface area is 158 Å². The van der Waals surface area contributed by atoms with Crippen LogP contribution in [0.1, 0.15) is 12.7 Å². The highest BCUT2D eigenvalue weighted by Crippen LogP contribution is 2.30. The molecule has 0 aliphatic heterocycles. The molecule has 1 aromatic heterocycles. The molecule has 134 valence electrons. The Morgan fingerprint density at radius 1 is 1.31 bits per heavy atom. The van der Waals surface area contributed by atoms with E-state index in [4.69, 9.17) is 11.6 Å². The molecule has 1 N–H and O–H groups in total. The van der Waals surface area contributed by atoms with Crippen molar-refractivity contribution in [2.45, 2.75) is 24.0 Å². The van der Waals surface area contributed by atoms with E-state index in [1.165, 1.54) is 34.6 Å². The minimum atomic E-state index is -0.489. The number of carbonyl (C=O) groups excluding carboxylic acids is 1. The molecule has 26 heavy (non-hydrogen) atoms. The number of benzene rings is 2. The summed E-state index contributed by atoms with van der Waals surface area (Å²) in [6.07, 6.45) is 0. The molecule has 0 aliphatic carbocycles. The van der Waals surface area contributed by atoms with Gasteiger partial charge in [0, 0.05) is 10.6 Å². The maximum absolute atomic E-state index is 14.1. The van der Waals surface area contributed by atoms with E-state index in [2.05, 4.69) is 20.8 Å². The highest BCUT2D eigenvalue weighted by atomic mass is 35.5. The Hall–Kier alpha value is -2.45. The molecule has 0 saturated carbocycles. The summed E-state index contributed by atoms with van der Waals surface area (Å²) < 4.78 is 15.4. The van der Waals surface area contributed by atoms with Gasteiger partial charge >= 0.3 is 0 Å². The predicted molar refractivity (Wildman–Crippen MR) is 99.2 cm³/mol. The molecule has 3 rings (SSSR count). The van der Waals surface area contributed by atoms with Crippen LogP contribution in [0.5, 0.6) is 0 Å². The van der Waals surface area contributed by atoms with E-state index in [1.54, 1.807) is 19.9 Å². The van der Waals surface area contributed by atoms with Crippen molar-refractivity contribution in [1.29, 1.82) is 0 Å². The lowest BCUT2D eigenvalue weighted by atomic mass is 10.2. The number of tetrazole rings is 1. The molecule has 0 radical (unpaired) electrons. The van der Waals surface area contributed by atoms with Crippen LogP contribution in [-0.2, 0) is 4.79 Å². The number of carbonyl (C=O) groups is 1. The average Bonchev–Trinajstić information content (AvgIpc) is 3.04. The first-order valence-electron chi connectivity index (χ1n) is 7.72. The molecule has 0 fully saturated rings. The summed E-state index contributed by atoms with van der Waals surface area (Å²) >= 11 is 7.48. The van der Waals surface area contributed by atoms with Crippen molar-refractivity contribution in [2.24, 2.45) is 0 Å². The maximum atomic E-state index is 14.1. The first-order valence-corrected chi connectivity index (χ1v) is 8.98. The van der Waals surface area contributed by atoms with Gasteiger partial charge in [-0.05, 0) is 54.6 Å². The molecule has 0 aliphatic rings. The first-order chi connectivity index (χ1) is 12.5. The van der Waals surface area contributed by atoms with Gasteiger partial charge in [-0.3, -0.25) is 4.79 Å². The number of nitrogens with one attached hydrogen (secondary N) is 1. The van der Waals surface area contributed by atoms with Gasteiger partial charge in [-0.15, -0.1) is 16.9 Å². The van der Waals surface area contributed by atoms with Gasteiger partial charge in [0.1, 0.15) is 11.5 Å². The highest BCUT2D eigenvalue weighted by Gasteiger charge is 2.17. The van der Waals surface area contributed by atoms with Crippen LogP contribution in [0, 0.1) is 12.7 Å². The minimum Gasteiger partial charge on any atom is -0.325 e. The van der Waals surface area contributed by atoms with Crippen LogP contribution in [0.3, 0.4) is 0 Å². The Morgan fingerprint density at radius 3 is 2.77 bits per heavy atom. The number of nitrogens with zero attached hydrogens (tertiary/aromatic N) is 4. The number of rotatable bonds is 5. The molecule has 1 atom stereocenters. The second-order valence-corrected chi connectivity index (χ2v) is 7.27.